The van der Waals surface area contributed by atoms with Crippen LogP contribution in [0.15, 0.2) is 60.7 Å². The summed E-state index contributed by atoms with van der Waals surface area (Å²) in [5, 5.41) is 3.37. The van der Waals surface area contributed by atoms with Crippen LogP contribution in [-0.2, 0) is 6.42 Å². The van der Waals surface area contributed by atoms with E-state index in [9.17, 15) is 4.79 Å². The predicted octanol–water partition coefficient (Wildman–Crippen LogP) is 4.29. The van der Waals surface area contributed by atoms with Crippen LogP contribution in [0.1, 0.15) is 48.0 Å². The highest BCUT2D eigenvalue weighted by Crippen LogP contribution is 2.46. The van der Waals surface area contributed by atoms with Gasteiger partial charge in [0, 0.05) is 18.2 Å². The van der Waals surface area contributed by atoms with E-state index >= 15 is 0 Å². The molecule has 2 fully saturated rings. The molecule has 1 spiro atoms. The summed E-state index contributed by atoms with van der Waals surface area (Å²) in [5.74, 6) is 0.0911. The summed E-state index contributed by atoms with van der Waals surface area (Å²) in [7, 11) is 0. The van der Waals surface area contributed by atoms with Crippen molar-refractivity contribution in [1.29, 1.82) is 0 Å². The Bertz CT molecular complexity index is 735. The summed E-state index contributed by atoms with van der Waals surface area (Å²) < 4.78 is 0. The van der Waals surface area contributed by atoms with E-state index in [0.29, 0.717) is 11.5 Å². The molecule has 1 amide bonds. The molecule has 2 aromatic carbocycles. The SMILES string of the molecule is O=C(NC1CCCC12CCN(CCc1ccccc1)CC2)c1ccccc1. The van der Waals surface area contributed by atoms with E-state index in [0.717, 1.165) is 38.0 Å². The topological polar surface area (TPSA) is 32.3 Å². The lowest BCUT2D eigenvalue weighted by Crippen LogP contribution is -2.50. The van der Waals surface area contributed by atoms with E-state index in [1.165, 1.54) is 31.2 Å². The van der Waals surface area contributed by atoms with Crippen molar-refractivity contribution >= 4 is 5.91 Å². The Balaban J connectivity index is 1.31. The summed E-state index contributed by atoms with van der Waals surface area (Å²) in [5.41, 5.74) is 2.51. The van der Waals surface area contributed by atoms with Crippen molar-refractivity contribution < 1.29 is 4.79 Å². The second-order valence-corrected chi connectivity index (χ2v) is 8.22. The maximum atomic E-state index is 12.6. The molecule has 0 radical (unpaired) electrons. The highest BCUT2D eigenvalue weighted by molar-refractivity contribution is 5.94. The molecule has 1 heterocycles. The minimum Gasteiger partial charge on any atom is -0.349 e. The van der Waals surface area contributed by atoms with E-state index in [-0.39, 0.29) is 5.91 Å². The average molecular weight is 363 g/mol. The lowest BCUT2D eigenvalue weighted by molar-refractivity contribution is 0.0710. The predicted molar refractivity (Wildman–Crippen MR) is 110 cm³/mol. The van der Waals surface area contributed by atoms with Crippen molar-refractivity contribution in [2.24, 2.45) is 5.41 Å². The molecular weight excluding hydrogens is 332 g/mol. The molecule has 1 unspecified atom stereocenters. The normalized spacial score (nSPS) is 22.0. The zero-order chi connectivity index (χ0) is 18.5. The van der Waals surface area contributed by atoms with Crippen LogP contribution in [0.3, 0.4) is 0 Å². The van der Waals surface area contributed by atoms with Crippen LogP contribution in [0.5, 0.6) is 0 Å². The van der Waals surface area contributed by atoms with Gasteiger partial charge < -0.3 is 10.2 Å². The third-order valence-corrected chi connectivity index (χ3v) is 6.66. The number of rotatable bonds is 5. The number of likely N-dealkylation sites (tertiary alicyclic amines) is 1. The smallest absolute Gasteiger partial charge is 0.251 e. The molecule has 3 heteroatoms. The Kier molecular flexibility index (Phi) is 5.58. The van der Waals surface area contributed by atoms with E-state index in [4.69, 9.17) is 0 Å². The van der Waals surface area contributed by atoms with E-state index < -0.39 is 0 Å². The first kappa shape index (κ1) is 18.2. The lowest BCUT2D eigenvalue weighted by atomic mass is 9.74. The first-order valence-electron chi connectivity index (χ1n) is 10.4. The van der Waals surface area contributed by atoms with Gasteiger partial charge >= 0.3 is 0 Å². The van der Waals surface area contributed by atoms with Gasteiger partial charge in [-0.3, -0.25) is 4.79 Å². The lowest BCUT2D eigenvalue weighted by Gasteiger charge is -2.43. The Labute approximate surface area is 162 Å². The van der Waals surface area contributed by atoms with Gasteiger partial charge in [-0.1, -0.05) is 55.0 Å². The van der Waals surface area contributed by atoms with Crippen molar-refractivity contribution in [3.8, 4) is 0 Å². The Hall–Kier alpha value is -2.13. The second kappa shape index (κ2) is 8.26. The largest absolute Gasteiger partial charge is 0.349 e. The van der Waals surface area contributed by atoms with Crippen LogP contribution in [-0.4, -0.2) is 36.5 Å². The van der Waals surface area contributed by atoms with Gasteiger partial charge in [-0.05, 0) is 68.3 Å². The van der Waals surface area contributed by atoms with Crippen molar-refractivity contribution in [3.63, 3.8) is 0 Å². The highest BCUT2D eigenvalue weighted by atomic mass is 16.1. The molecule has 27 heavy (non-hydrogen) atoms. The van der Waals surface area contributed by atoms with E-state index in [2.05, 4.69) is 40.5 Å². The van der Waals surface area contributed by atoms with Gasteiger partial charge in [0.05, 0.1) is 0 Å². The Morgan fingerprint density at radius 1 is 0.963 bits per heavy atom. The standard InChI is InChI=1S/C24H30N2O/c27-23(21-10-5-2-6-11-21)25-22-12-7-14-24(22)15-18-26(19-16-24)17-13-20-8-3-1-4-9-20/h1-6,8-11,22H,7,12-19H2,(H,25,27). The van der Waals surface area contributed by atoms with Gasteiger partial charge in [-0.25, -0.2) is 0 Å². The molecule has 1 aliphatic heterocycles. The molecule has 1 aliphatic carbocycles. The van der Waals surface area contributed by atoms with Crippen LogP contribution in [0.25, 0.3) is 0 Å². The zero-order valence-electron chi connectivity index (χ0n) is 16.1. The van der Waals surface area contributed by atoms with E-state index in [1.54, 1.807) is 0 Å². The van der Waals surface area contributed by atoms with Gasteiger partial charge in [0.15, 0.2) is 0 Å². The third kappa shape index (κ3) is 4.24. The quantitative estimate of drug-likeness (QED) is 0.860. The Morgan fingerprint density at radius 2 is 1.63 bits per heavy atom. The van der Waals surface area contributed by atoms with Crippen LogP contribution in [0.2, 0.25) is 0 Å². The van der Waals surface area contributed by atoms with Crippen molar-refractivity contribution in [1.82, 2.24) is 10.2 Å². The molecule has 2 aromatic rings. The number of nitrogens with zero attached hydrogens (tertiary/aromatic N) is 1. The van der Waals surface area contributed by atoms with Crippen LogP contribution >= 0.6 is 0 Å². The number of piperidine rings is 1. The molecule has 3 nitrogen and oxygen atoms in total. The Morgan fingerprint density at radius 3 is 2.33 bits per heavy atom. The van der Waals surface area contributed by atoms with Gasteiger partial charge in [-0.2, -0.15) is 0 Å². The molecule has 142 valence electrons. The van der Waals surface area contributed by atoms with E-state index in [1.807, 2.05) is 30.3 Å². The molecular formula is C24H30N2O. The van der Waals surface area contributed by atoms with Gasteiger partial charge in [-0.15, -0.1) is 0 Å². The summed E-state index contributed by atoms with van der Waals surface area (Å²) in [4.78, 5) is 15.2. The molecule has 0 bridgehead atoms. The average Bonchev–Trinajstić information content (AvgIpc) is 3.10. The van der Waals surface area contributed by atoms with Gasteiger partial charge in [0.2, 0.25) is 0 Å². The summed E-state index contributed by atoms with van der Waals surface area (Å²) >= 11 is 0. The third-order valence-electron chi connectivity index (χ3n) is 6.66. The second-order valence-electron chi connectivity index (χ2n) is 8.22. The number of nitrogens with one attached hydrogen (secondary N) is 1. The monoisotopic (exact) mass is 362 g/mol. The fraction of sp³-hybridized carbons (Fsp3) is 0.458. The molecule has 1 atom stereocenters. The maximum Gasteiger partial charge on any atom is 0.251 e. The van der Waals surface area contributed by atoms with Crippen molar-refractivity contribution in [2.45, 2.75) is 44.6 Å². The van der Waals surface area contributed by atoms with Crippen LogP contribution in [0.4, 0.5) is 0 Å². The number of carbonyl (C=O) groups is 1. The maximum absolute atomic E-state index is 12.6. The van der Waals surface area contributed by atoms with Crippen molar-refractivity contribution in [2.75, 3.05) is 19.6 Å². The number of carbonyl (C=O) groups excluding carboxylic acids is 1. The molecule has 2 aliphatic rings. The van der Waals surface area contributed by atoms with Gasteiger partial charge in [0.1, 0.15) is 0 Å². The first-order valence-corrected chi connectivity index (χ1v) is 10.4. The first-order chi connectivity index (χ1) is 13.3. The summed E-state index contributed by atoms with van der Waals surface area (Å²) in [6.45, 7) is 3.45. The number of hydrogen-bond acceptors (Lipinski definition) is 2. The molecule has 1 N–H and O–H groups in total. The van der Waals surface area contributed by atoms with Crippen LogP contribution < -0.4 is 5.32 Å². The summed E-state index contributed by atoms with van der Waals surface area (Å²) in [6.07, 6.45) is 7.18. The number of hydrogen-bond donors (Lipinski definition) is 1. The minimum atomic E-state index is 0.0911. The minimum absolute atomic E-state index is 0.0911. The fourth-order valence-electron chi connectivity index (χ4n) is 4.95. The highest BCUT2D eigenvalue weighted by Gasteiger charge is 2.45. The fourth-order valence-corrected chi connectivity index (χ4v) is 4.95. The van der Waals surface area contributed by atoms with Crippen LogP contribution in [0, 0.1) is 5.41 Å². The zero-order valence-corrected chi connectivity index (χ0v) is 16.1. The molecule has 0 aromatic heterocycles. The number of benzene rings is 2. The van der Waals surface area contributed by atoms with Gasteiger partial charge in [0.25, 0.3) is 5.91 Å². The molecule has 4 rings (SSSR count). The molecule has 1 saturated heterocycles. The van der Waals surface area contributed by atoms with Crippen molar-refractivity contribution in [3.05, 3.63) is 71.8 Å². The molecule has 1 saturated carbocycles. The summed E-state index contributed by atoms with van der Waals surface area (Å²) in [6, 6.07) is 20.7. The number of amides is 1.